The smallest absolute Gasteiger partial charge is 0.321 e. The van der Waals surface area contributed by atoms with Gasteiger partial charge < -0.3 is 10.2 Å². The standard InChI is InChI=1S/C15H15Cl2N3O3S/c1-20(9-10-2-7-13(16)14(17)8-10)15(21)19-11-3-5-12(6-4-11)24(18,22)23/h2-8H,9H2,1H3,(H,19,21)(H2,18,22,23). The first-order chi connectivity index (χ1) is 11.2. The van der Waals surface area contributed by atoms with Gasteiger partial charge in [0, 0.05) is 19.3 Å². The molecule has 2 aromatic carbocycles. The first-order valence-electron chi connectivity index (χ1n) is 6.76. The fourth-order valence-corrected chi connectivity index (χ4v) is 2.77. The van der Waals surface area contributed by atoms with Crippen LogP contribution >= 0.6 is 23.2 Å². The maximum Gasteiger partial charge on any atom is 0.321 e. The van der Waals surface area contributed by atoms with Crippen LogP contribution in [0.5, 0.6) is 0 Å². The molecule has 0 atom stereocenters. The monoisotopic (exact) mass is 387 g/mol. The highest BCUT2D eigenvalue weighted by Crippen LogP contribution is 2.23. The highest BCUT2D eigenvalue weighted by Gasteiger charge is 2.12. The van der Waals surface area contributed by atoms with E-state index in [1.54, 1.807) is 25.2 Å². The van der Waals surface area contributed by atoms with Crippen LogP contribution in [0.25, 0.3) is 0 Å². The van der Waals surface area contributed by atoms with Gasteiger partial charge in [0.2, 0.25) is 10.0 Å². The second-order valence-corrected chi connectivity index (χ2v) is 7.48. The van der Waals surface area contributed by atoms with Crippen LogP contribution in [0, 0.1) is 0 Å². The van der Waals surface area contributed by atoms with Crippen LogP contribution in [-0.2, 0) is 16.6 Å². The zero-order chi connectivity index (χ0) is 17.9. The predicted octanol–water partition coefficient (Wildman–Crippen LogP) is 3.30. The Morgan fingerprint density at radius 1 is 1.12 bits per heavy atom. The normalized spacial score (nSPS) is 11.2. The predicted molar refractivity (Wildman–Crippen MR) is 94.8 cm³/mol. The van der Waals surface area contributed by atoms with E-state index in [0.29, 0.717) is 22.3 Å². The van der Waals surface area contributed by atoms with E-state index in [9.17, 15) is 13.2 Å². The lowest BCUT2D eigenvalue weighted by molar-refractivity contribution is 0.220. The number of nitrogens with one attached hydrogen (secondary N) is 1. The van der Waals surface area contributed by atoms with Gasteiger partial charge >= 0.3 is 6.03 Å². The molecule has 9 heteroatoms. The minimum Gasteiger partial charge on any atom is -0.323 e. The van der Waals surface area contributed by atoms with Gasteiger partial charge in [0.15, 0.2) is 0 Å². The lowest BCUT2D eigenvalue weighted by atomic mass is 10.2. The maximum atomic E-state index is 12.2. The number of amides is 2. The van der Waals surface area contributed by atoms with Crippen molar-refractivity contribution in [1.82, 2.24) is 4.90 Å². The Balaban J connectivity index is 2.02. The van der Waals surface area contributed by atoms with Gasteiger partial charge in [-0.3, -0.25) is 0 Å². The number of anilines is 1. The number of nitrogens with zero attached hydrogens (tertiary/aromatic N) is 1. The largest absolute Gasteiger partial charge is 0.323 e. The average Bonchev–Trinajstić information content (AvgIpc) is 2.50. The first-order valence-corrected chi connectivity index (χ1v) is 9.06. The highest BCUT2D eigenvalue weighted by atomic mass is 35.5. The van der Waals surface area contributed by atoms with Gasteiger partial charge in [-0.1, -0.05) is 29.3 Å². The number of carbonyl (C=O) groups is 1. The minimum atomic E-state index is -3.76. The molecule has 24 heavy (non-hydrogen) atoms. The van der Waals surface area contributed by atoms with Crippen molar-refractivity contribution in [2.75, 3.05) is 12.4 Å². The third-order valence-corrected chi connectivity index (χ3v) is 4.85. The van der Waals surface area contributed by atoms with Crippen molar-refractivity contribution in [2.24, 2.45) is 5.14 Å². The fraction of sp³-hybridized carbons (Fsp3) is 0.133. The number of halogens is 2. The van der Waals surface area contributed by atoms with Crippen molar-refractivity contribution >= 4 is 44.9 Å². The van der Waals surface area contributed by atoms with E-state index in [0.717, 1.165) is 5.56 Å². The fourth-order valence-electron chi connectivity index (χ4n) is 1.93. The number of hydrogen-bond acceptors (Lipinski definition) is 3. The van der Waals surface area contributed by atoms with Gasteiger partial charge in [-0.15, -0.1) is 0 Å². The molecular formula is C15H15Cl2N3O3S. The van der Waals surface area contributed by atoms with Gasteiger partial charge in [0.05, 0.1) is 14.9 Å². The van der Waals surface area contributed by atoms with Crippen molar-refractivity contribution in [3.63, 3.8) is 0 Å². The summed E-state index contributed by atoms with van der Waals surface area (Å²) >= 11 is 11.8. The van der Waals surface area contributed by atoms with Crippen LogP contribution in [0.1, 0.15) is 5.56 Å². The van der Waals surface area contributed by atoms with E-state index in [1.165, 1.54) is 29.2 Å². The molecule has 6 nitrogen and oxygen atoms in total. The molecule has 2 aromatic rings. The summed E-state index contributed by atoms with van der Waals surface area (Å²) in [6.07, 6.45) is 0. The van der Waals surface area contributed by atoms with Gasteiger partial charge in [-0.05, 0) is 42.0 Å². The first kappa shape index (κ1) is 18.5. The molecule has 0 aliphatic rings. The minimum absolute atomic E-state index is 0.0235. The third-order valence-electron chi connectivity index (χ3n) is 3.18. The molecule has 0 aromatic heterocycles. The second kappa shape index (κ2) is 7.40. The molecule has 0 fully saturated rings. The number of rotatable bonds is 4. The number of nitrogens with two attached hydrogens (primary N) is 1. The average molecular weight is 388 g/mol. The van der Waals surface area contributed by atoms with Crippen LogP contribution in [0.15, 0.2) is 47.4 Å². The summed E-state index contributed by atoms with van der Waals surface area (Å²) in [6, 6.07) is 10.3. The molecule has 0 saturated carbocycles. The number of hydrogen-bond donors (Lipinski definition) is 2. The molecule has 3 N–H and O–H groups in total. The zero-order valence-electron chi connectivity index (χ0n) is 12.7. The topological polar surface area (TPSA) is 92.5 Å². The molecule has 2 amide bonds. The van der Waals surface area contributed by atoms with Gasteiger partial charge in [0.1, 0.15) is 0 Å². The summed E-state index contributed by atoms with van der Waals surface area (Å²) < 4.78 is 22.4. The molecule has 128 valence electrons. The number of carbonyl (C=O) groups excluding carboxylic acids is 1. The molecule has 0 heterocycles. The lowest BCUT2D eigenvalue weighted by Crippen LogP contribution is -2.30. The summed E-state index contributed by atoms with van der Waals surface area (Å²) in [5.41, 5.74) is 1.28. The molecule has 2 rings (SSSR count). The van der Waals surface area contributed by atoms with Crippen LogP contribution in [0.4, 0.5) is 10.5 Å². The number of primary sulfonamides is 1. The van der Waals surface area contributed by atoms with Crippen molar-refractivity contribution < 1.29 is 13.2 Å². The summed E-state index contributed by atoms with van der Waals surface area (Å²) in [6.45, 7) is 0.331. The Labute approximate surface area is 150 Å². The summed E-state index contributed by atoms with van der Waals surface area (Å²) in [5, 5.41) is 8.55. The third kappa shape index (κ3) is 4.85. The van der Waals surface area contributed by atoms with E-state index in [2.05, 4.69) is 5.32 Å². The van der Waals surface area contributed by atoms with E-state index >= 15 is 0 Å². The molecule has 0 bridgehead atoms. The molecular weight excluding hydrogens is 373 g/mol. The number of benzene rings is 2. The Kier molecular flexibility index (Phi) is 5.71. The Morgan fingerprint density at radius 2 is 1.75 bits per heavy atom. The Bertz CT molecular complexity index is 855. The zero-order valence-corrected chi connectivity index (χ0v) is 15.0. The molecule has 0 spiro atoms. The maximum absolute atomic E-state index is 12.2. The Hall–Kier alpha value is -1.80. The van der Waals surface area contributed by atoms with Crippen LogP contribution in [0.2, 0.25) is 10.0 Å². The molecule has 0 radical (unpaired) electrons. The van der Waals surface area contributed by atoms with Crippen molar-refractivity contribution in [3.8, 4) is 0 Å². The quantitative estimate of drug-likeness (QED) is 0.842. The van der Waals surface area contributed by atoms with Crippen LogP contribution in [0.3, 0.4) is 0 Å². The van der Waals surface area contributed by atoms with Crippen molar-refractivity contribution in [2.45, 2.75) is 11.4 Å². The summed E-state index contributed by atoms with van der Waals surface area (Å²) in [4.78, 5) is 13.6. The molecule has 0 aliphatic heterocycles. The van der Waals surface area contributed by atoms with E-state index < -0.39 is 10.0 Å². The van der Waals surface area contributed by atoms with Gasteiger partial charge in [-0.25, -0.2) is 18.4 Å². The van der Waals surface area contributed by atoms with Crippen LogP contribution < -0.4 is 10.5 Å². The summed E-state index contributed by atoms with van der Waals surface area (Å²) in [7, 11) is -2.14. The van der Waals surface area contributed by atoms with E-state index in [4.69, 9.17) is 28.3 Å². The SMILES string of the molecule is CN(Cc1ccc(Cl)c(Cl)c1)C(=O)Nc1ccc(S(N)(=O)=O)cc1. The van der Waals surface area contributed by atoms with Crippen LogP contribution in [-0.4, -0.2) is 26.4 Å². The van der Waals surface area contributed by atoms with E-state index in [-0.39, 0.29) is 10.9 Å². The van der Waals surface area contributed by atoms with E-state index in [1.807, 2.05) is 0 Å². The number of urea groups is 1. The second-order valence-electron chi connectivity index (χ2n) is 5.10. The van der Waals surface area contributed by atoms with Crippen molar-refractivity contribution in [3.05, 3.63) is 58.1 Å². The molecule has 0 aliphatic carbocycles. The lowest BCUT2D eigenvalue weighted by Gasteiger charge is -2.18. The summed E-state index contributed by atoms with van der Waals surface area (Å²) in [5.74, 6) is 0. The molecule has 0 saturated heterocycles. The Morgan fingerprint density at radius 3 is 2.29 bits per heavy atom. The van der Waals surface area contributed by atoms with Gasteiger partial charge in [0.25, 0.3) is 0 Å². The highest BCUT2D eigenvalue weighted by molar-refractivity contribution is 7.89. The number of sulfonamides is 1. The van der Waals surface area contributed by atoms with Crippen molar-refractivity contribution in [1.29, 1.82) is 0 Å². The molecule has 0 unspecified atom stereocenters. The van der Waals surface area contributed by atoms with Gasteiger partial charge in [-0.2, -0.15) is 0 Å².